The number of hydrogen-bond donors (Lipinski definition) is 0. The maximum absolute atomic E-state index is 13.5. The summed E-state index contributed by atoms with van der Waals surface area (Å²) in [7, 11) is 0. The van der Waals surface area contributed by atoms with Gasteiger partial charge in [0.05, 0.1) is 0 Å². The Morgan fingerprint density at radius 2 is 2.00 bits per heavy atom. The molecule has 74 valence electrons. The summed E-state index contributed by atoms with van der Waals surface area (Å²) in [6, 6.07) is 6.72. The van der Waals surface area contributed by atoms with Gasteiger partial charge in [-0.1, -0.05) is 12.1 Å². The SMILES string of the molecule is Cc1nnc2c3cccc(F)c3ccn12. The van der Waals surface area contributed by atoms with E-state index in [9.17, 15) is 4.39 Å². The van der Waals surface area contributed by atoms with E-state index in [0.717, 1.165) is 11.2 Å². The van der Waals surface area contributed by atoms with Crippen molar-refractivity contribution in [3.05, 3.63) is 42.1 Å². The molecule has 0 amide bonds. The van der Waals surface area contributed by atoms with Crippen LogP contribution in [0.1, 0.15) is 5.82 Å². The van der Waals surface area contributed by atoms with Crippen LogP contribution in [0, 0.1) is 12.7 Å². The Bertz CT molecular complexity index is 657. The van der Waals surface area contributed by atoms with E-state index >= 15 is 0 Å². The summed E-state index contributed by atoms with van der Waals surface area (Å²) in [5.74, 6) is 0.576. The Hall–Kier alpha value is -1.97. The van der Waals surface area contributed by atoms with Gasteiger partial charge in [0, 0.05) is 17.0 Å². The van der Waals surface area contributed by atoms with Gasteiger partial charge < -0.3 is 0 Å². The van der Waals surface area contributed by atoms with E-state index in [4.69, 9.17) is 0 Å². The molecule has 3 rings (SSSR count). The first-order valence-corrected chi connectivity index (χ1v) is 4.66. The fraction of sp³-hybridized carbons (Fsp3) is 0.0909. The highest BCUT2D eigenvalue weighted by atomic mass is 19.1. The summed E-state index contributed by atoms with van der Waals surface area (Å²) in [4.78, 5) is 0. The van der Waals surface area contributed by atoms with E-state index < -0.39 is 0 Å². The molecule has 0 N–H and O–H groups in total. The summed E-state index contributed by atoms with van der Waals surface area (Å²) < 4.78 is 15.3. The van der Waals surface area contributed by atoms with Crippen LogP contribution >= 0.6 is 0 Å². The normalized spacial score (nSPS) is 11.3. The van der Waals surface area contributed by atoms with E-state index in [1.807, 2.05) is 17.4 Å². The summed E-state index contributed by atoms with van der Waals surface area (Å²) in [6.07, 6.45) is 1.79. The van der Waals surface area contributed by atoms with Crippen molar-refractivity contribution >= 4 is 16.4 Å². The Morgan fingerprint density at radius 3 is 2.87 bits per heavy atom. The van der Waals surface area contributed by atoms with Gasteiger partial charge in [-0.25, -0.2) is 4.39 Å². The molecule has 0 aliphatic rings. The lowest BCUT2D eigenvalue weighted by molar-refractivity contribution is 0.640. The molecule has 0 bridgehead atoms. The zero-order chi connectivity index (χ0) is 10.4. The van der Waals surface area contributed by atoms with Gasteiger partial charge in [-0.3, -0.25) is 4.40 Å². The summed E-state index contributed by atoms with van der Waals surface area (Å²) in [6.45, 7) is 1.87. The number of benzene rings is 1. The van der Waals surface area contributed by atoms with Crippen LogP contribution in [-0.4, -0.2) is 14.6 Å². The van der Waals surface area contributed by atoms with Crippen molar-refractivity contribution in [3.8, 4) is 0 Å². The Morgan fingerprint density at radius 1 is 1.13 bits per heavy atom. The van der Waals surface area contributed by atoms with Crippen LogP contribution in [0.2, 0.25) is 0 Å². The molecule has 0 saturated heterocycles. The zero-order valence-corrected chi connectivity index (χ0v) is 8.11. The maximum atomic E-state index is 13.5. The minimum Gasteiger partial charge on any atom is -0.286 e. The van der Waals surface area contributed by atoms with E-state index in [0.29, 0.717) is 11.0 Å². The third-order valence-corrected chi connectivity index (χ3v) is 2.55. The molecule has 3 nitrogen and oxygen atoms in total. The monoisotopic (exact) mass is 201 g/mol. The second-order valence-electron chi connectivity index (χ2n) is 3.46. The average Bonchev–Trinajstić information content (AvgIpc) is 2.61. The molecule has 15 heavy (non-hydrogen) atoms. The van der Waals surface area contributed by atoms with Crippen molar-refractivity contribution in [1.82, 2.24) is 14.6 Å². The molecular formula is C11H8FN3. The molecule has 0 fully saturated rings. The van der Waals surface area contributed by atoms with E-state index in [-0.39, 0.29) is 5.82 Å². The minimum absolute atomic E-state index is 0.226. The molecule has 0 atom stereocenters. The molecule has 0 radical (unpaired) electrons. The van der Waals surface area contributed by atoms with Crippen LogP contribution in [0.4, 0.5) is 4.39 Å². The highest BCUT2D eigenvalue weighted by Gasteiger charge is 2.07. The molecular weight excluding hydrogens is 193 g/mol. The molecule has 0 saturated carbocycles. The van der Waals surface area contributed by atoms with Crippen LogP contribution in [-0.2, 0) is 0 Å². The Labute approximate surface area is 85.2 Å². The second-order valence-corrected chi connectivity index (χ2v) is 3.46. The van der Waals surface area contributed by atoms with Gasteiger partial charge in [0.15, 0.2) is 5.65 Å². The third kappa shape index (κ3) is 1.05. The number of pyridine rings is 1. The number of hydrogen-bond acceptors (Lipinski definition) is 2. The van der Waals surface area contributed by atoms with Crippen LogP contribution in [0.3, 0.4) is 0 Å². The smallest absolute Gasteiger partial charge is 0.168 e. The first-order chi connectivity index (χ1) is 7.27. The fourth-order valence-corrected chi connectivity index (χ4v) is 1.78. The molecule has 2 aromatic heterocycles. The molecule has 0 aliphatic carbocycles. The third-order valence-electron chi connectivity index (χ3n) is 2.55. The summed E-state index contributed by atoms with van der Waals surface area (Å²) in [5, 5.41) is 9.37. The number of fused-ring (bicyclic) bond motifs is 3. The van der Waals surface area contributed by atoms with Crippen LogP contribution in [0.15, 0.2) is 30.5 Å². The van der Waals surface area contributed by atoms with Crippen molar-refractivity contribution in [2.45, 2.75) is 6.92 Å². The summed E-state index contributed by atoms with van der Waals surface area (Å²) >= 11 is 0. The van der Waals surface area contributed by atoms with Crippen LogP contribution < -0.4 is 0 Å². The largest absolute Gasteiger partial charge is 0.286 e. The number of halogens is 1. The first kappa shape index (κ1) is 8.35. The fourth-order valence-electron chi connectivity index (χ4n) is 1.78. The van der Waals surface area contributed by atoms with Crippen LogP contribution in [0.5, 0.6) is 0 Å². The Kier molecular flexibility index (Phi) is 1.54. The zero-order valence-electron chi connectivity index (χ0n) is 8.11. The standard InChI is InChI=1S/C11H8FN3/c1-7-13-14-11-9-3-2-4-10(12)8(9)5-6-15(7)11/h2-6H,1H3. The van der Waals surface area contributed by atoms with Crippen molar-refractivity contribution in [1.29, 1.82) is 0 Å². The van der Waals surface area contributed by atoms with E-state index in [1.54, 1.807) is 18.3 Å². The van der Waals surface area contributed by atoms with Crippen molar-refractivity contribution in [2.24, 2.45) is 0 Å². The van der Waals surface area contributed by atoms with Crippen molar-refractivity contribution in [2.75, 3.05) is 0 Å². The number of aromatic nitrogens is 3. The predicted molar refractivity (Wildman–Crippen MR) is 55.2 cm³/mol. The van der Waals surface area contributed by atoms with E-state index in [2.05, 4.69) is 10.2 Å². The van der Waals surface area contributed by atoms with Gasteiger partial charge in [-0.15, -0.1) is 10.2 Å². The predicted octanol–water partition coefficient (Wildman–Crippen LogP) is 2.33. The number of rotatable bonds is 0. The highest BCUT2D eigenvalue weighted by Crippen LogP contribution is 2.21. The van der Waals surface area contributed by atoms with Crippen molar-refractivity contribution < 1.29 is 4.39 Å². The highest BCUT2D eigenvalue weighted by molar-refractivity contribution is 5.94. The molecule has 0 spiro atoms. The molecule has 0 unspecified atom stereocenters. The maximum Gasteiger partial charge on any atom is 0.168 e. The molecule has 4 heteroatoms. The van der Waals surface area contributed by atoms with Gasteiger partial charge in [-0.2, -0.15) is 0 Å². The van der Waals surface area contributed by atoms with Gasteiger partial charge >= 0.3 is 0 Å². The quantitative estimate of drug-likeness (QED) is 0.558. The van der Waals surface area contributed by atoms with Gasteiger partial charge in [0.25, 0.3) is 0 Å². The van der Waals surface area contributed by atoms with Crippen molar-refractivity contribution in [3.63, 3.8) is 0 Å². The minimum atomic E-state index is -0.226. The Balaban J connectivity index is 2.61. The summed E-state index contributed by atoms with van der Waals surface area (Å²) in [5.41, 5.74) is 0.699. The molecule has 0 aliphatic heterocycles. The lowest BCUT2D eigenvalue weighted by atomic mass is 10.1. The van der Waals surface area contributed by atoms with Gasteiger partial charge in [0.1, 0.15) is 11.6 Å². The average molecular weight is 201 g/mol. The molecule has 3 aromatic rings. The number of aryl methyl sites for hydroxylation is 1. The lowest BCUT2D eigenvalue weighted by Crippen LogP contribution is -1.89. The number of nitrogens with zero attached hydrogens (tertiary/aromatic N) is 3. The van der Waals surface area contributed by atoms with Gasteiger partial charge in [0.2, 0.25) is 0 Å². The molecule has 1 aromatic carbocycles. The molecule has 2 heterocycles. The topological polar surface area (TPSA) is 30.2 Å². The first-order valence-electron chi connectivity index (χ1n) is 4.66. The second kappa shape index (κ2) is 2.76. The van der Waals surface area contributed by atoms with E-state index in [1.165, 1.54) is 6.07 Å². The van der Waals surface area contributed by atoms with Crippen LogP contribution in [0.25, 0.3) is 16.4 Å². The lowest BCUT2D eigenvalue weighted by Gasteiger charge is -2.01. The van der Waals surface area contributed by atoms with Gasteiger partial charge in [-0.05, 0) is 19.1 Å².